The van der Waals surface area contributed by atoms with Gasteiger partial charge in [-0.3, -0.25) is 4.79 Å². The van der Waals surface area contributed by atoms with E-state index in [1.165, 1.54) is 41.7 Å². The summed E-state index contributed by atoms with van der Waals surface area (Å²) >= 11 is 9.18. The predicted molar refractivity (Wildman–Crippen MR) is 117 cm³/mol. The highest BCUT2D eigenvalue weighted by Gasteiger charge is 2.66. The number of halogens is 5. The van der Waals surface area contributed by atoms with Crippen LogP contribution in [0.5, 0.6) is 0 Å². The van der Waals surface area contributed by atoms with Gasteiger partial charge in [-0.25, -0.2) is 4.79 Å². The molecule has 0 aliphatic carbocycles. The second-order valence-electron chi connectivity index (χ2n) is 7.40. The van der Waals surface area contributed by atoms with Crippen LogP contribution in [0.15, 0.2) is 69.6 Å². The molecule has 4 rings (SSSR count). The zero-order valence-corrected chi connectivity index (χ0v) is 18.8. The maximum absolute atomic E-state index is 14.0. The first-order chi connectivity index (χ1) is 15.5. The van der Waals surface area contributed by atoms with Crippen molar-refractivity contribution in [2.24, 2.45) is 5.92 Å². The fourth-order valence-corrected chi connectivity index (χ4v) is 4.14. The predicted octanol–water partition coefficient (Wildman–Crippen LogP) is 5.47. The normalized spacial score (nSPS) is 23.0. The van der Waals surface area contributed by atoms with Gasteiger partial charge in [0.25, 0.3) is 0 Å². The molecule has 0 radical (unpaired) electrons. The molecule has 2 heterocycles. The molecule has 1 aliphatic heterocycles. The number of rotatable bonds is 4. The maximum atomic E-state index is 14.0. The third-order valence-corrected chi connectivity index (χ3v) is 6.02. The summed E-state index contributed by atoms with van der Waals surface area (Å²) < 4.78 is 48.3. The van der Waals surface area contributed by atoms with Gasteiger partial charge in [0.15, 0.2) is 5.78 Å². The Morgan fingerprint density at radius 2 is 1.82 bits per heavy atom. The molecular weight excluding hydrogens is 529 g/mol. The number of benzene rings is 2. The van der Waals surface area contributed by atoms with Gasteiger partial charge >= 0.3 is 12.2 Å². The molecule has 6 nitrogen and oxygen atoms in total. The molecule has 33 heavy (non-hydrogen) atoms. The van der Waals surface area contributed by atoms with Crippen LogP contribution in [0.4, 0.5) is 18.0 Å². The van der Waals surface area contributed by atoms with Gasteiger partial charge in [0, 0.05) is 20.6 Å². The Balaban J connectivity index is 1.81. The summed E-state index contributed by atoms with van der Waals surface area (Å²) in [6.07, 6.45) is -5.36. The number of furan rings is 1. The molecule has 0 bridgehead atoms. The molecule has 3 aromatic rings. The summed E-state index contributed by atoms with van der Waals surface area (Å²) in [5.41, 5.74) is -3.39. The molecule has 11 heteroatoms. The van der Waals surface area contributed by atoms with Crippen LogP contribution in [-0.4, -0.2) is 28.8 Å². The fraction of sp³-hybridized carbons (Fsp3) is 0.182. The quantitative estimate of drug-likeness (QED) is 0.381. The highest BCUT2D eigenvalue weighted by Crippen LogP contribution is 2.44. The van der Waals surface area contributed by atoms with E-state index in [1.807, 2.05) is 0 Å². The van der Waals surface area contributed by atoms with E-state index in [0.717, 1.165) is 0 Å². The summed E-state index contributed by atoms with van der Waals surface area (Å²) in [6, 6.07) is 12.0. The Bertz CT molecular complexity index is 1210. The lowest BCUT2D eigenvalue weighted by Crippen LogP contribution is -2.72. The Kier molecular flexibility index (Phi) is 6.02. The van der Waals surface area contributed by atoms with Crippen molar-refractivity contribution >= 4 is 39.3 Å². The largest absolute Gasteiger partial charge is 0.459 e. The van der Waals surface area contributed by atoms with Gasteiger partial charge in [0.2, 0.25) is 5.72 Å². The van der Waals surface area contributed by atoms with E-state index < -0.39 is 35.7 Å². The van der Waals surface area contributed by atoms with Crippen LogP contribution >= 0.6 is 27.5 Å². The number of urea groups is 1. The van der Waals surface area contributed by atoms with Crippen molar-refractivity contribution < 1.29 is 32.3 Å². The number of amides is 2. The minimum absolute atomic E-state index is 0.0876. The number of nitrogens with one attached hydrogen (secondary N) is 2. The number of Topliss-reactive ketones (excluding diaryl/α,β-unsaturated/α-hetero) is 1. The topological polar surface area (TPSA) is 91.6 Å². The molecule has 1 aliphatic rings. The highest BCUT2D eigenvalue weighted by atomic mass is 79.9. The van der Waals surface area contributed by atoms with Crippen molar-refractivity contribution in [2.45, 2.75) is 17.9 Å². The standard InChI is InChI=1S/C22H15BrClF3N2O4/c23-13-6-4-11(5-7-13)19(30)17-18(28-20(31)29-21(17,32)22(25,26)27)16-9-8-15(33-16)12-2-1-3-14(24)10-12/h1-10,17-18,32H,(H2,28,29,31)/t17-,18-,21+/m1/s1. The van der Waals surface area contributed by atoms with Crippen molar-refractivity contribution in [3.63, 3.8) is 0 Å². The van der Waals surface area contributed by atoms with Crippen LogP contribution in [0.3, 0.4) is 0 Å². The van der Waals surface area contributed by atoms with Crippen molar-refractivity contribution in [3.05, 3.63) is 81.5 Å². The first-order valence-electron chi connectivity index (χ1n) is 9.53. The Labute approximate surface area is 198 Å². The van der Waals surface area contributed by atoms with E-state index >= 15 is 0 Å². The van der Waals surface area contributed by atoms with Gasteiger partial charge in [-0.1, -0.05) is 51.8 Å². The molecule has 0 unspecified atom stereocenters. The van der Waals surface area contributed by atoms with Crippen LogP contribution in [0, 0.1) is 5.92 Å². The van der Waals surface area contributed by atoms with Gasteiger partial charge in [-0.15, -0.1) is 0 Å². The molecule has 3 N–H and O–H groups in total. The molecule has 2 aromatic carbocycles. The van der Waals surface area contributed by atoms with Crippen molar-refractivity contribution in [1.82, 2.24) is 10.6 Å². The van der Waals surface area contributed by atoms with E-state index in [9.17, 15) is 27.9 Å². The third kappa shape index (κ3) is 4.38. The average Bonchev–Trinajstić information content (AvgIpc) is 3.23. The zero-order valence-electron chi connectivity index (χ0n) is 16.5. The summed E-state index contributed by atoms with van der Waals surface area (Å²) in [5.74, 6) is -3.11. The van der Waals surface area contributed by atoms with Gasteiger partial charge in [-0.2, -0.15) is 13.2 Å². The Morgan fingerprint density at radius 1 is 1.12 bits per heavy atom. The van der Waals surface area contributed by atoms with Crippen LogP contribution < -0.4 is 10.6 Å². The summed E-state index contributed by atoms with van der Waals surface area (Å²) in [6.45, 7) is 0. The van der Waals surface area contributed by atoms with Crippen LogP contribution in [-0.2, 0) is 0 Å². The lowest BCUT2D eigenvalue weighted by atomic mass is 9.79. The number of aliphatic hydroxyl groups is 1. The fourth-order valence-electron chi connectivity index (χ4n) is 3.69. The smallest absolute Gasteiger partial charge is 0.437 e. The number of carbonyl (C=O) groups excluding carboxylic acids is 2. The van der Waals surface area contributed by atoms with Crippen molar-refractivity contribution in [2.75, 3.05) is 0 Å². The Hall–Kier alpha value is -2.82. The maximum Gasteiger partial charge on any atom is 0.437 e. The molecule has 172 valence electrons. The number of alkyl halides is 3. The molecule has 3 atom stereocenters. The second-order valence-corrected chi connectivity index (χ2v) is 8.75. The lowest BCUT2D eigenvalue weighted by Gasteiger charge is -2.44. The molecule has 0 saturated carbocycles. The van der Waals surface area contributed by atoms with Gasteiger partial charge in [0.05, 0.1) is 0 Å². The SMILES string of the molecule is O=C1N[C@H](c2ccc(-c3cccc(Cl)c3)o2)[C@H](C(=O)c2ccc(Br)cc2)[C@](O)(C(F)(F)F)N1. The van der Waals surface area contributed by atoms with Gasteiger partial charge < -0.3 is 20.2 Å². The molecule has 0 spiro atoms. The van der Waals surface area contributed by atoms with E-state index in [-0.39, 0.29) is 17.1 Å². The van der Waals surface area contributed by atoms with Crippen molar-refractivity contribution in [1.29, 1.82) is 0 Å². The van der Waals surface area contributed by atoms with E-state index in [1.54, 1.807) is 24.3 Å². The molecule has 1 saturated heterocycles. The van der Waals surface area contributed by atoms with Crippen LogP contribution in [0.1, 0.15) is 22.2 Å². The molecule has 1 fully saturated rings. The van der Waals surface area contributed by atoms with Crippen molar-refractivity contribution in [3.8, 4) is 11.3 Å². The first-order valence-corrected chi connectivity index (χ1v) is 10.7. The number of ketones is 1. The van der Waals surface area contributed by atoms with E-state index in [4.69, 9.17) is 16.0 Å². The minimum atomic E-state index is -5.36. The zero-order chi connectivity index (χ0) is 24.0. The van der Waals surface area contributed by atoms with Crippen LogP contribution in [0.25, 0.3) is 11.3 Å². The van der Waals surface area contributed by atoms with Crippen LogP contribution in [0.2, 0.25) is 5.02 Å². The van der Waals surface area contributed by atoms with Gasteiger partial charge in [-0.05, 0) is 36.4 Å². The van der Waals surface area contributed by atoms with E-state index in [2.05, 4.69) is 21.2 Å². The number of hydrogen-bond acceptors (Lipinski definition) is 4. The average molecular weight is 544 g/mol. The van der Waals surface area contributed by atoms with Gasteiger partial charge in [0.1, 0.15) is 23.5 Å². The van der Waals surface area contributed by atoms with E-state index in [0.29, 0.717) is 15.1 Å². The second kappa shape index (κ2) is 8.51. The summed E-state index contributed by atoms with van der Waals surface area (Å²) in [4.78, 5) is 25.4. The lowest BCUT2D eigenvalue weighted by molar-refractivity contribution is -0.288. The molecule has 1 aromatic heterocycles. The molecule has 2 amide bonds. The first kappa shape index (κ1) is 23.3. The summed E-state index contributed by atoms with van der Waals surface area (Å²) in [5, 5.41) is 14.8. The molecular formula is C22H15BrClF3N2O4. The number of carbonyl (C=O) groups is 2. The number of hydrogen-bond donors (Lipinski definition) is 3. The monoisotopic (exact) mass is 542 g/mol. The highest BCUT2D eigenvalue weighted by molar-refractivity contribution is 9.10. The Morgan fingerprint density at radius 3 is 2.45 bits per heavy atom. The third-order valence-electron chi connectivity index (χ3n) is 5.26. The minimum Gasteiger partial charge on any atom is -0.459 e. The summed E-state index contributed by atoms with van der Waals surface area (Å²) in [7, 11) is 0.